The van der Waals surface area contributed by atoms with Crippen molar-refractivity contribution in [2.75, 3.05) is 13.1 Å². The molecule has 0 aliphatic rings. The molecule has 0 aromatic carbocycles. The van der Waals surface area contributed by atoms with Crippen LogP contribution < -0.4 is 10.6 Å². The molecule has 0 aromatic rings. The molecular weight excluding hydrogens is 440 g/mol. The van der Waals surface area contributed by atoms with Crippen molar-refractivity contribution in [3.05, 3.63) is 25.3 Å². The number of carbonyl (C=O) groups excluding carboxylic acids is 3. The predicted octanol–water partition coefficient (Wildman–Crippen LogP) is 6.54. The molecule has 202 valence electrons. The summed E-state index contributed by atoms with van der Waals surface area (Å²) in [4.78, 5) is 36.4. The number of ether oxygens (including phenoxy) is 1. The maximum Gasteiger partial charge on any atom is 0.306 e. The van der Waals surface area contributed by atoms with Crippen molar-refractivity contribution in [1.29, 1.82) is 0 Å². The van der Waals surface area contributed by atoms with Gasteiger partial charge in [-0.1, -0.05) is 70.4 Å². The third kappa shape index (κ3) is 23.4. The zero-order valence-electron chi connectivity index (χ0n) is 22.4. The van der Waals surface area contributed by atoms with E-state index in [1.165, 1.54) is 38.5 Å². The van der Waals surface area contributed by atoms with E-state index in [1.54, 1.807) is 0 Å². The van der Waals surface area contributed by atoms with Crippen LogP contribution in [0.15, 0.2) is 25.3 Å². The summed E-state index contributed by atoms with van der Waals surface area (Å²) in [5.74, 6) is -0.367. The van der Waals surface area contributed by atoms with Crippen molar-refractivity contribution in [2.24, 2.45) is 0 Å². The number of amides is 2. The van der Waals surface area contributed by atoms with Crippen molar-refractivity contribution < 1.29 is 19.1 Å². The number of carbonyl (C=O) groups is 3. The second-order valence-corrected chi connectivity index (χ2v) is 9.37. The smallest absolute Gasteiger partial charge is 0.306 e. The summed E-state index contributed by atoms with van der Waals surface area (Å²) in [5, 5.41) is 5.74. The lowest BCUT2D eigenvalue weighted by atomic mass is 10.1. The van der Waals surface area contributed by atoms with E-state index in [-0.39, 0.29) is 30.9 Å². The number of nitrogens with one attached hydrogen (secondary N) is 2. The molecule has 0 fully saturated rings. The molecule has 0 unspecified atom stereocenters. The topological polar surface area (TPSA) is 84.5 Å². The highest BCUT2D eigenvalue weighted by molar-refractivity contribution is 5.76. The number of hydrogen-bond donors (Lipinski definition) is 2. The Bertz CT molecular complexity index is 537. The van der Waals surface area contributed by atoms with Crippen molar-refractivity contribution in [1.82, 2.24) is 10.6 Å². The van der Waals surface area contributed by atoms with Crippen molar-refractivity contribution in [3.8, 4) is 0 Å². The molecule has 0 radical (unpaired) electrons. The molecule has 35 heavy (non-hydrogen) atoms. The zero-order chi connectivity index (χ0) is 26.0. The molecule has 0 atom stereocenters. The summed E-state index contributed by atoms with van der Waals surface area (Å²) in [6.45, 7) is 9.83. The Morgan fingerprint density at radius 1 is 0.657 bits per heavy atom. The highest BCUT2D eigenvalue weighted by Gasteiger charge is 2.16. The predicted molar refractivity (Wildman–Crippen MR) is 145 cm³/mol. The fraction of sp³-hybridized carbons (Fsp3) is 0.759. The summed E-state index contributed by atoms with van der Waals surface area (Å²) >= 11 is 0. The van der Waals surface area contributed by atoms with Gasteiger partial charge in [-0.05, 0) is 44.9 Å². The third-order valence-corrected chi connectivity index (χ3v) is 5.93. The fourth-order valence-electron chi connectivity index (χ4n) is 3.80. The van der Waals surface area contributed by atoms with Gasteiger partial charge in [0.15, 0.2) is 0 Å². The van der Waals surface area contributed by atoms with Gasteiger partial charge in [0.25, 0.3) is 0 Å². The normalized spacial score (nSPS) is 10.7. The molecule has 0 rings (SSSR count). The SMILES string of the molecule is C=CCCCCCCCCC(=O)NCC(CNC(=O)CCCCCCCCC=C)OC(=O)CCC. The van der Waals surface area contributed by atoms with Gasteiger partial charge < -0.3 is 15.4 Å². The summed E-state index contributed by atoms with van der Waals surface area (Å²) in [6.07, 6.45) is 20.8. The van der Waals surface area contributed by atoms with Crippen LogP contribution in [0.4, 0.5) is 0 Å². The van der Waals surface area contributed by atoms with Crippen LogP contribution >= 0.6 is 0 Å². The largest absolute Gasteiger partial charge is 0.459 e. The molecular formula is C29H52N2O4. The standard InChI is InChI=1S/C29H52N2O4/c1-4-7-9-11-13-15-17-19-22-27(32)30-24-26(35-29(34)21-6-3)25-31-28(33)23-20-18-16-14-12-10-8-5-2/h4-5,26H,1-2,6-25H2,3H3,(H,30,32)(H,31,33). The number of rotatable bonds is 25. The molecule has 0 bridgehead atoms. The molecule has 0 heterocycles. The summed E-state index contributed by atoms with van der Waals surface area (Å²) in [5.41, 5.74) is 0. The fourth-order valence-corrected chi connectivity index (χ4v) is 3.80. The van der Waals surface area contributed by atoms with Crippen LogP contribution in [0, 0.1) is 0 Å². The van der Waals surface area contributed by atoms with Crippen molar-refractivity contribution >= 4 is 17.8 Å². The molecule has 2 N–H and O–H groups in total. The first kappa shape index (κ1) is 32.9. The lowest BCUT2D eigenvalue weighted by molar-refractivity contribution is -0.149. The molecule has 0 aliphatic heterocycles. The number of hydrogen-bond acceptors (Lipinski definition) is 4. The summed E-state index contributed by atoms with van der Waals surface area (Å²) in [6, 6.07) is 0. The Kier molecular flexibility index (Phi) is 23.5. The highest BCUT2D eigenvalue weighted by atomic mass is 16.5. The van der Waals surface area contributed by atoms with Gasteiger partial charge in [0, 0.05) is 19.3 Å². The highest BCUT2D eigenvalue weighted by Crippen LogP contribution is 2.10. The Hall–Kier alpha value is -2.11. The van der Waals surface area contributed by atoms with Gasteiger partial charge in [-0.3, -0.25) is 14.4 Å². The van der Waals surface area contributed by atoms with Gasteiger partial charge in [0.1, 0.15) is 6.10 Å². The van der Waals surface area contributed by atoms with Crippen LogP contribution in [0.5, 0.6) is 0 Å². The van der Waals surface area contributed by atoms with E-state index < -0.39 is 6.10 Å². The van der Waals surface area contributed by atoms with Gasteiger partial charge in [-0.15, -0.1) is 13.2 Å². The first-order valence-corrected chi connectivity index (χ1v) is 14.0. The molecule has 2 amide bonds. The second kappa shape index (κ2) is 25.0. The Labute approximate surface area is 214 Å². The van der Waals surface area contributed by atoms with Gasteiger partial charge in [0.05, 0.1) is 13.1 Å². The lowest BCUT2D eigenvalue weighted by Crippen LogP contribution is -2.42. The van der Waals surface area contributed by atoms with E-state index >= 15 is 0 Å². The van der Waals surface area contributed by atoms with Crippen LogP contribution in [0.2, 0.25) is 0 Å². The third-order valence-electron chi connectivity index (χ3n) is 5.93. The molecule has 6 heteroatoms. The average molecular weight is 493 g/mol. The number of allylic oxidation sites excluding steroid dienone is 2. The summed E-state index contributed by atoms with van der Waals surface area (Å²) in [7, 11) is 0. The van der Waals surface area contributed by atoms with E-state index in [4.69, 9.17) is 4.74 Å². The first-order valence-electron chi connectivity index (χ1n) is 14.0. The van der Waals surface area contributed by atoms with E-state index in [0.29, 0.717) is 25.7 Å². The molecule has 0 saturated heterocycles. The van der Waals surface area contributed by atoms with Gasteiger partial charge in [0.2, 0.25) is 11.8 Å². The Balaban J connectivity index is 4.11. The maximum absolute atomic E-state index is 12.2. The quantitative estimate of drug-likeness (QED) is 0.0860. The average Bonchev–Trinajstić information content (AvgIpc) is 2.84. The van der Waals surface area contributed by atoms with Gasteiger partial charge in [-0.2, -0.15) is 0 Å². The van der Waals surface area contributed by atoms with E-state index in [2.05, 4.69) is 23.8 Å². The first-order chi connectivity index (χ1) is 17.0. The maximum atomic E-state index is 12.2. The minimum absolute atomic E-state index is 0.0346. The van der Waals surface area contributed by atoms with E-state index in [9.17, 15) is 14.4 Å². The van der Waals surface area contributed by atoms with E-state index in [0.717, 1.165) is 51.4 Å². The summed E-state index contributed by atoms with van der Waals surface area (Å²) < 4.78 is 5.49. The number of unbranched alkanes of at least 4 members (excludes halogenated alkanes) is 12. The Morgan fingerprint density at radius 2 is 1.06 bits per heavy atom. The lowest BCUT2D eigenvalue weighted by Gasteiger charge is -2.19. The van der Waals surface area contributed by atoms with Crippen LogP contribution in [-0.2, 0) is 19.1 Å². The number of esters is 1. The second-order valence-electron chi connectivity index (χ2n) is 9.37. The zero-order valence-corrected chi connectivity index (χ0v) is 22.4. The van der Waals surface area contributed by atoms with Crippen molar-refractivity contribution in [2.45, 2.75) is 129 Å². The Morgan fingerprint density at radius 3 is 1.46 bits per heavy atom. The minimum atomic E-state index is -0.545. The van der Waals surface area contributed by atoms with Crippen LogP contribution in [-0.4, -0.2) is 37.0 Å². The van der Waals surface area contributed by atoms with Crippen LogP contribution in [0.1, 0.15) is 122 Å². The van der Waals surface area contributed by atoms with Gasteiger partial charge in [-0.25, -0.2) is 0 Å². The monoisotopic (exact) mass is 492 g/mol. The van der Waals surface area contributed by atoms with Crippen LogP contribution in [0.25, 0.3) is 0 Å². The van der Waals surface area contributed by atoms with Gasteiger partial charge >= 0.3 is 5.97 Å². The molecule has 6 nitrogen and oxygen atoms in total. The molecule has 0 saturated carbocycles. The molecule has 0 aromatic heterocycles. The minimum Gasteiger partial charge on any atom is -0.459 e. The van der Waals surface area contributed by atoms with E-state index in [1.807, 2.05) is 19.1 Å². The van der Waals surface area contributed by atoms with Crippen LogP contribution in [0.3, 0.4) is 0 Å². The van der Waals surface area contributed by atoms with Crippen molar-refractivity contribution in [3.63, 3.8) is 0 Å². The molecule has 0 aliphatic carbocycles. The molecule has 0 spiro atoms.